The van der Waals surface area contributed by atoms with Crippen LogP contribution in [-0.2, 0) is 0 Å². The van der Waals surface area contributed by atoms with Crippen molar-refractivity contribution in [2.75, 3.05) is 13.2 Å². The number of ether oxygens (including phenoxy) is 2. The van der Waals surface area contributed by atoms with E-state index in [2.05, 4.69) is 10.3 Å². The molecule has 3 aromatic rings. The predicted molar refractivity (Wildman–Crippen MR) is 104 cm³/mol. The Kier molecular flexibility index (Phi) is 3.97. The van der Waals surface area contributed by atoms with Gasteiger partial charge in [-0.3, -0.25) is 4.79 Å². The van der Waals surface area contributed by atoms with Crippen LogP contribution in [0.1, 0.15) is 34.9 Å². The quantitative estimate of drug-likeness (QED) is 0.699. The lowest BCUT2D eigenvalue weighted by Crippen LogP contribution is -2.30. The molecule has 0 bridgehead atoms. The lowest BCUT2D eigenvalue weighted by atomic mass is 10.0. The van der Waals surface area contributed by atoms with Crippen LogP contribution in [0.5, 0.6) is 11.5 Å². The molecule has 1 amide bonds. The van der Waals surface area contributed by atoms with Gasteiger partial charge in [-0.1, -0.05) is 17.7 Å². The average Bonchev–Trinajstić information content (AvgIpc) is 3.44. The summed E-state index contributed by atoms with van der Waals surface area (Å²) in [4.78, 5) is 16.0. The molecule has 1 atom stereocenters. The second-order valence-corrected chi connectivity index (χ2v) is 7.54. The molecule has 138 valence electrons. The summed E-state index contributed by atoms with van der Waals surface area (Å²) in [6.45, 7) is 1.12. The first-order valence-electron chi connectivity index (χ1n) is 9.16. The highest BCUT2D eigenvalue weighted by Crippen LogP contribution is 2.43. The van der Waals surface area contributed by atoms with Crippen LogP contribution in [-0.4, -0.2) is 24.1 Å². The second-order valence-electron chi connectivity index (χ2n) is 7.11. The van der Waals surface area contributed by atoms with Crippen molar-refractivity contribution in [2.24, 2.45) is 5.92 Å². The van der Waals surface area contributed by atoms with Gasteiger partial charge in [-0.15, -0.1) is 0 Å². The zero-order chi connectivity index (χ0) is 18.4. The third-order valence-corrected chi connectivity index (χ3v) is 5.37. The van der Waals surface area contributed by atoms with E-state index in [1.807, 2.05) is 42.5 Å². The van der Waals surface area contributed by atoms with E-state index in [9.17, 15) is 4.79 Å². The number of rotatable bonds is 4. The summed E-state index contributed by atoms with van der Waals surface area (Å²) in [5.74, 6) is 1.85. The van der Waals surface area contributed by atoms with Crippen molar-refractivity contribution in [2.45, 2.75) is 18.9 Å². The average molecular weight is 383 g/mol. The van der Waals surface area contributed by atoms with E-state index in [0.717, 1.165) is 40.8 Å². The molecule has 2 N–H and O–H groups in total. The van der Waals surface area contributed by atoms with Crippen LogP contribution in [0, 0.1) is 5.92 Å². The van der Waals surface area contributed by atoms with Gasteiger partial charge in [-0.25, -0.2) is 0 Å². The monoisotopic (exact) mass is 382 g/mol. The number of nitrogens with one attached hydrogen (secondary N) is 2. The standard InChI is InChI=1S/C21H19ClN2O3/c22-15-4-5-16-14(9-15)10-17(23-16)21(25)24-20(12-1-2-12)13-3-6-18-19(11-13)27-8-7-26-18/h3-6,9-12,20,23H,1-2,7-8H2,(H,24,25). The number of amides is 1. The van der Waals surface area contributed by atoms with Crippen LogP contribution in [0.2, 0.25) is 5.02 Å². The van der Waals surface area contributed by atoms with Crippen molar-refractivity contribution in [3.63, 3.8) is 0 Å². The van der Waals surface area contributed by atoms with E-state index in [1.54, 1.807) is 0 Å². The normalized spacial score (nSPS) is 16.9. The molecule has 27 heavy (non-hydrogen) atoms. The fourth-order valence-corrected chi connectivity index (χ4v) is 3.78. The molecule has 2 aromatic carbocycles. The first kappa shape index (κ1) is 16.5. The van der Waals surface area contributed by atoms with E-state index in [-0.39, 0.29) is 11.9 Å². The number of benzene rings is 2. The number of H-pyrrole nitrogens is 1. The Morgan fingerprint density at radius 1 is 1.07 bits per heavy atom. The fourth-order valence-electron chi connectivity index (χ4n) is 3.60. The summed E-state index contributed by atoms with van der Waals surface area (Å²) < 4.78 is 11.3. The Bertz CT molecular complexity index is 1030. The van der Waals surface area contributed by atoms with Gasteiger partial charge in [-0.2, -0.15) is 0 Å². The Hall–Kier alpha value is -2.66. The lowest BCUT2D eigenvalue weighted by molar-refractivity contribution is 0.0927. The molecule has 0 spiro atoms. The highest BCUT2D eigenvalue weighted by atomic mass is 35.5. The van der Waals surface area contributed by atoms with Crippen molar-refractivity contribution in [3.8, 4) is 11.5 Å². The van der Waals surface area contributed by atoms with Crippen molar-refractivity contribution < 1.29 is 14.3 Å². The van der Waals surface area contributed by atoms with E-state index in [1.165, 1.54) is 0 Å². The van der Waals surface area contributed by atoms with Crippen molar-refractivity contribution >= 4 is 28.4 Å². The number of hydrogen-bond acceptors (Lipinski definition) is 3. The first-order chi connectivity index (χ1) is 13.2. The molecule has 1 aliphatic carbocycles. The van der Waals surface area contributed by atoms with Gasteiger partial charge in [0.1, 0.15) is 18.9 Å². The fraction of sp³-hybridized carbons (Fsp3) is 0.286. The van der Waals surface area contributed by atoms with Crippen molar-refractivity contribution in [1.82, 2.24) is 10.3 Å². The number of hydrogen-bond donors (Lipinski definition) is 2. The minimum absolute atomic E-state index is 0.0386. The SMILES string of the molecule is O=C(NC(c1ccc2c(c1)OCCO2)C1CC1)c1cc2cc(Cl)ccc2[nH]1. The molecular formula is C21H19ClN2O3. The maximum atomic E-state index is 12.9. The molecule has 2 heterocycles. The van der Waals surface area contributed by atoms with Gasteiger partial charge in [0.25, 0.3) is 5.91 Å². The molecule has 1 aliphatic heterocycles. The largest absolute Gasteiger partial charge is 0.486 e. The van der Waals surface area contributed by atoms with E-state index in [0.29, 0.717) is 29.8 Å². The molecule has 0 saturated heterocycles. The molecule has 1 saturated carbocycles. The Morgan fingerprint density at radius 2 is 1.89 bits per heavy atom. The lowest BCUT2D eigenvalue weighted by Gasteiger charge is -2.23. The van der Waals surface area contributed by atoms with Gasteiger partial charge in [0, 0.05) is 15.9 Å². The van der Waals surface area contributed by atoms with Gasteiger partial charge in [0.05, 0.1) is 6.04 Å². The van der Waals surface area contributed by atoms with E-state index in [4.69, 9.17) is 21.1 Å². The summed E-state index contributed by atoms with van der Waals surface area (Å²) in [7, 11) is 0. The van der Waals surface area contributed by atoms with Crippen LogP contribution >= 0.6 is 11.6 Å². The third-order valence-electron chi connectivity index (χ3n) is 5.13. The zero-order valence-corrected chi connectivity index (χ0v) is 15.4. The smallest absolute Gasteiger partial charge is 0.268 e. The highest BCUT2D eigenvalue weighted by molar-refractivity contribution is 6.31. The molecule has 2 aliphatic rings. The molecule has 1 aromatic heterocycles. The topological polar surface area (TPSA) is 63.4 Å². The van der Waals surface area contributed by atoms with Gasteiger partial charge >= 0.3 is 0 Å². The van der Waals surface area contributed by atoms with Gasteiger partial charge in [0.2, 0.25) is 0 Å². The van der Waals surface area contributed by atoms with Crippen LogP contribution in [0.3, 0.4) is 0 Å². The summed E-state index contributed by atoms with van der Waals surface area (Å²) >= 11 is 6.04. The number of carbonyl (C=O) groups is 1. The van der Waals surface area contributed by atoms with Crippen LogP contribution < -0.4 is 14.8 Å². The van der Waals surface area contributed by atoms with E-state index >= 15 is 0 Å². The number of aromatic amines is 1. The molecule has 0 radical (unpaired) electrons. The van der Waals surface area contributed by atoms with Crippen molar-refractivity contribution in [1.29, 1.82) is 0 Å². The number of carbonyl (C=O) groups excluding carboxylic acids is 1. The van der Waals surface area contributed by atoms with Crippen LogP contribution in [0.15, 0.2) is 42.5 Å². The second kappa shape index (κ2) is 6.50. The van der Waals surface area contributed by atoms with Crippen molar-refractivity contribution in [3.05, 3.63) is 58.7 Å². The molecule has 5 nitrogen and oxygen atoms in total. The highest BCUT2D eigenvalue weighted by Gasteiger charge is 2.34. The number of fused-ring (bicyclic) bond motifs is 2. The first-order valence-corrected chi connectivity index (χ1v) is 9.54. The van der Waals surface area contributed by atoms with E-state index < -0.39 is 0 Å². The van der Waals surface area contributed by atoms with Gasteiger partial charge < -0.3 is 19.8 Å². The van der Waals surface area contributed by atoms with Gasteiger partial charge in [0.15, 0.2) is 11.5 Å². The Morgan fingerprint density at radius 3 is 2.70 bits per heavy atom. The van der Waals surface area contributed by atoms with Gasteiger partial charge in [-0.05, 0) is 60.7 Å². The summed E-state index contributed by atoms with van der Waals surface area (Å²) in [6.07, 6.45) is 2.23. The molecule has 5 rings (SSSR count). The minimum atomic E-state index is -0.117. The van der Waals surface area contributed by atoms with Crippen LogP contribution in [0.25, 0.3) is 10.9 Å². The molecular weight excluding hydrogens is 364 g/mol. The minimum Gasteiger partial charge on any atom is -0.486 e. The molecule has 1 unspecified atom stereocenters. The number of halogens is 1. The summed E-state index contributed by atoms with van der Waals surface area (Å²) in [6, 6.07) is 13.3. The zero-order valence-electron chi connectivity index (χ0n) is 14.6. The summed E-state index contributed by atoms with van der Waals surface area (Å²) in [5.41, 5.74) is 2.48. The third kappa shape index (κ3) is 3.23. The Labute approximate surface area is 161 Å². The predicted octanol–water partition coefficient (Wildman–Crippen LogP) is 4.47. The number of aromatic nitrogens is 1. The maximum absolute atomic E-state index is 12.9. The molecule has 6 heteroatoms. The van der Waals surface area contributed by atoms with Crippen LogP contribution in [0.4, 0.5) is 0 Å². The molecule has 1 fully saturated rings. The summed E-state index contributed by atoms with van der Waals surface area (Å²) in [5, 5.41) is 4.77. The Balaban J connectivity index is 1.41. The maximum Gasteiger partial charge on any atom is 0.268 e.